The van der Waals surface area contributed by atoms with E-state index in [2.05, 4.69) is 4.98 Å². The summed E-state index contributed by atoms with van der Waals surface area (Å²) in [4.78, 5) is 15.8. The largest absolute Gasteiger partial charge is 0.445 e. The van der Waals surface area contributed by atoms with Crippen molar-refractivity contribution in [3.8, 4) is 6.07 Å². The fourth-order valence-electron chi connectivity index (χ4n) is 2.22. The molecule has 5 nitrogen and oxygen atoms in total. The number of hydrogen-bond acceptors (Lipinski definition) is 5. The van der Waals surface area contributed by atoms with Crippen molar-refractivity contribution in [1.82, 2.24) is 4.98 Å². The Morgan fingerprint density at radius 1 is 1.47 bits per heavy atom. The highest BCUT2D eigenvalue weighted by Crippen LogP contribution is 2.38. The molecule has 0 amide bonds. The topological polar surface area (TPSA) is 89.0 Å². The van der Waals surface area contributed by atoms with Crippen molar-refractivity contribution in [1.29, 1.82) is 5.26 Å². The first-order valence-electron chi connectivity index (χ1n) is 5.75. The summed E-state index contributed by atoms with van der Waals surface area (Å²) in [5, 5.41) is 9.26. The third-order valence-corrected chi connectivity index (χ3v) is 3.02. The van der Waals surface area contributed by atoms with Crippen molar-refractivity contribution in [3.63, 3.8) is 0 Å². The summed E-state index contributed by atoms with van der Waals surface area (Å²) < 4.78 is 5.29. The molecule has 1 aliphatic heterocycles. The SMILES string of the molecule is CC(=O)C1=C(C)OC(N)=C(C#N)C1c1ccncc1. The van der Waals surface area contributed by atoms with Crippen LogP contribution in [0.1, 0.15) is 25.3 Å². The molecule has 0 spiro atoms. The van der Waals surface area contributed by atoms with Crippen molar-refractivity contribution >= 4 is 5.78 Å². The number of nitrogens with two attached hydrogens (primary N) is 1. The van der Waals surface area contributed by atoms with Gasteiger partial charge in [0.1, 0.15) is 17.4 Å². The van der Waals surface area contributed by atoms with E-state index in [1.807, 2.05) is 6.07 Å². The zero-order valence-corrected chi connectivity index (χ0v) is 10.7. The molecule has 1 aromatic heterocycles. The van der Waals surface area contributed by atoms with Crippen LogP contribution in [0.25, 0.3) is 0 Å². The molecule has 96 valence electrons. The molecule has 5 heteroatoms. The lowest BCUT2D eigenvalue weighted by Crippen LogP contribution is -2.23. The molecule has 2 heterocycles. The van der Waals surface area contributed by atoms with Gasteiger partial charge in [0, 0.05) is 18.0 Å². The molecule has 19 heavy (non-hydrogen) atoms. The van der Waals surface area contributed by atoms with Crippen LogP contribution >= 0.6 is 0 Å². The summed E-state index contributed by atoms with van der Waals surface area (Å²) in [6.07, 6.45) is 3.23. The summed E-state index contributed by atoms with van der Waals surface area (Å²) in [5.74, 6) is -0.142. The highest BCUT2D eigenvalue weighted by atomic mass is 16.5. The first-order valence-corrected chi connectivity index (χ1v) is 5.75. The Kier molecular flexibility index (Phi) is 3.34. The van der Waals surface area contributed by atoms with Crippen LogP contribution in [0.15, 0.2) is 47.3 Å². The highest BCUT2D eigenvalue weighted by Gasteiger charge is 2.33. The fraction of sp³-hybridized carbons (Fsp3) is 0.214. The number of Topliss-reactive ketones (excluding diaryl/α,β-unsaturated/α-hetero) is 1. The van der Waals surface area contributed by atoms with Gasteiger partial charge in [-0.1, -0.05) is 0 Å². The lowest BCUT2D eigenvalue weighted by Gasteiger charge is -2.26. The van der Waals surface area contributed by atoms with E-state index in [1.165, 1.54) is 6.92 Å². The van der Waals surface area contributed by atoms with Crippen molar-refractivity contribution in [3.05, 3.63) is 52.9 Å². The number of carbonyl (C=O) groups excluding carboxylic acids is 1. The van der Waals surface area contributed by atoms with E-state index in [1.54, 1.807) is 31.5 Å². The smallest absolute Gasteiger partial charge is 0.205 e. The van der Waals surface area contributed by atoms with Crippen LogP contribution in [-0.2, 0) is 9.53 Å². The van der Waals surface area contributed by atoms with Gasteiger partial charge < -0.3 is 10.5 Å². The molecule has 0 fully saturated rings. The molecule has 1 unspecified atom stereocenters. The van der Waals surface area contributed by atoms with Crippen molar-refractivity contribution < 1.29 is 9.53 Å². The summed E-state index contributed by atoms with van der Waals surface area (Å²) in [5.41, 5.74) is 7.25. The molecule has 0 bridgehead atoms. The first-order chi connectivity index (χ1) is 9.06. The van der Waals surface area contributed by atoms with E-state index in [-0.39, 0.29) is 17.2 Å². The minimum Gasteiger partial charge on any atom is -0.445 e. The minimum atomic E-state index is -0.487. The second-order valence-electron chi connectivity index (χ2n) is 4.23. The molecule has 0 radical (unpaired) electrons. The van der Waals surface area contributed by atoms with Crippen molar-refractivity contribution in [2.24, 2.45) is 5.73 Å². The van der Waals surface area contributed by atoms with Crippen LogP contribution < -0.4 is 5.73 Å². The first kappa shape index (κ1) is 12.8. The Labute approximate surface area is 111 Å². The number of aromatic nitrogens is 1. The van der Waals surface area contributed by atoms with Gasteiger partial charge in [0.25, 0.3) is 0 Å². The van der Waals surface area contributed by atoms with Gasteiger partial charge in [0.05, 0.1) is 5.92 Å². The zero-order valence-electron chi connectivity index (χ0n) is 10.7. The Morgan fingerprint density at radius 3 is 2.63 bits per heavy atom. The van der Waals surface area contributed by atoms with Crippen LogP contribution in [0.5, 0.6) is 0 Å². The number of pyridine rings is 1. The number of ketones is 1. The third kappa shape index (κ3) is 2.20. The number of nitriles is 1. The van der Waals surface area contributed by atoms with Gasteiger partial charge in [-0.3, -0.25) is 9.78 Å². The molecule has 1 aromatic rings. The number of nitrogens with zero attached hydrogens (tertiary/aromatic N) is 2. The number of hydrogen-bond donors (Lipinski definition) is 1. The summed E-state index contributed by atoms with van der Waals surface area (Å²) in [6, 6.07) is 5.55. The Hall–Kier alpha value is -2.61. The lowest BCUT2D eigenvalue weighted by atomic mass is 9.82. The summed E-state index contributed by atoms with van der Waals surface area (Å²) in [6.45, 7) is 3.12. The fourth-order valence-corrected chi connectivity index (χ4v) is 2.22. The lowest BCUT2D eigenvalue weighted by molar-refractivity contribution is -0.114. The van der Waals surface area contributed by atoms with Crippen molar-refractivity contribution in [2.75, 3.05) is 0 Å². The maximum Gasteiger partial charge on any atom is 0.205 e. The molecular formula is C14H13N3O2. The molecule has 1 atom stereocenters. The van der Waals surface area contributed by atoms with Gasteiger partial charge in [-0.2, -0.15) is 5.26 Å². The Bertz CT molecular complexity index is 624. The normalized spacial score (nSPS) is 18.9. The number of carbonyl (C=O) groups is 1. The zero-order chi connectivity index (χ0) is 14.0. The van der Waals surface area contributed by atoms with Crippen LogP contribution in [0.3, 0.4) is 0 Å². The molecule has 2 N–H and O–H groups in total. The van der Waals surface area contributed by atoms with Gasteiger partial charge in [-0.05, 0) is 31.5 Å². The van der Waals surface area contributed by atoms with Gasteiger partial charge >= 0.3 is 0 Å². The van der Waals surface area contributed by atoms with Crippen LogP contribution in [-0.4, -0.2) is 10.8 Å². The number of ether oxygens (including phenoxy) is 1. The predicted octanol–water partition coefficient (Wildman–Crippen LogP) is 1.75. The molecule has 2 rings (SSSR count). The Morgan fingerprint density at radius 2 is 2.11 bits per heavy atom. The van der Waals surface area contributed by atoms with Crippen LogP contribution in [0, 0.1) is 11.3 Å². The molecular weight excluding hydrogens is 242 g/mol. The van der Waals surface area contributed by atoms with Crippen LogP contribution in [0.4, 0.5) is 0 Å². The van der Waals surface area contributed by atoms with E-state index < -0.39 is 5.92 Å². The maximum atomic E-state index is 11.8. The monoisotopic (exact) mass is 255 g/mol. The Balaban J connectivity index is 2.65. The number of rotatable bonds is 2. The van der Waals surface area contributed by atoms with E-state index >= 15 is 0 Å². The second-order valence-corrected chi connectivity index (χ2v) is 4.23. The van der Waals surface area contributed by atoms with E-state index in [4.69, 9.17) is 10.5 Å². The molecule has 0 saturated carbocycles. The summed E-state index contributed by atoms with van der Waals surface area (Å²) >= 11 is 0. The van der Waals surface area contributed by atoms with Crippen LogP contribution in [0.2, 0.25) is 0 Å². The second kappa shape index (κ2) is 4.94. The predicted molar refractivity (Wildman–Crippen MR) is 68.3 cm³/mol. The number of allylic oxidation sites excluding steroid dienone is 3. The average Bonchev–Trinajstić information content (AvgIpc) is 2.38. The van der Waals surface area contributed by atoms with Gasteiger partial charge in [-0.15, -0.1) is 0 Å². The minimum absolute atomic E-state index is 0.0480. The van der Waals surface area contributed by atoms with Gasteiger partial charge in [0.2, 0.25) is 5.88 Å². The molecule has 0 aliphatic carbocycles. The highest BCUT2D eigenvalue weighted by molar-refractivity contribution is 5.96. The van der Waals surface area contributed by atoms with E-state index in [9.17, 15) is 10.1 Å². The molecule has 1 aliphatic rings. The quantitative estimate of drug-likeness (QED) is 0.869. The average molecular weight is 255 g/mol. The molecule has 0 aromatic carbocycles. The van der Waals surface area contributed by atoms with E-state index in [0.717, 1.165) is 5.56 Å². The maximum absolute atomic E-state index is 11.8. The van der Waals surface area contributed by atoms with Gasteiger partial charge in [-0.25, -0.2) is 0 Å². The third-order valence-electron chi connectivity index (χ3n) is 3.02. The summed E-state index contributed by atoms with van der Waals surface area (Å²) in [7, 11) is 0. The van der Waals surface area contributed by atoms with E-state index in [0.29, 0.717) is 11.3 Å². The van der Waals surface area contributed by atoms with Gasteiger partial charge in [0.15, 0.2) is 5.78 Å². The molecule has 0 saturated heterocycles. The van der Waals surface area contributed by atoms with Crippen molar-refractivity contribution in [2.45, 2.75) is 19.8 Å². The standard InChI is InChI=1S/C14H13N3O2/c1-8(18)12-9(2)19-14(16)11(7-15)13(12)10-3-5-17-6-4-10/h3-6,13H,16H2,1-2H3.